The van der Waals surface area contributed by atoms with Crippen molar-refractivity contribution in [3.8, 4) is 50.2 Å². The van der Waals surface area contributed by atoms with Gasteiger partial charge in [-0.2, -0.15) is 0 Å². The van der Waals surface area contributed by atoms with Crippen LogP contribution in [0.5, 0.6) is 0 Å². The quantitative estimate of drug-likeness (QED) is 0.0458. The predicted molar refractivity (Wildman–Crippen MR) is 451 cm³/mol. The van der Waals surface area contributed by atoms with E-state index in [9.17, 15) is 0 Å². The van der Waals surface area contributed by atoms with Crippen LogP contribution in [0.3, 0.4) is 0 Å². The van der Waals surface area contributed by atoms with E-state index in [1.165, 1.54) is 255 Å². The largest absolute Gasteiger partial charge is 0.456 e. The van der Waals surface area contributed by atoms with Crippen molar-refractivity contribution < 1.29 is 8.83 Å². The molecule has 0 atom stereocenters. The Labute approximate surface area is 629 Å². The van der Waals surface area contributed by atoms with Crippen LogP contribution >= 0.6 is 0 Å². The number of rotatable bonds is 28. The number of anilines is 3. The minimum Gasteiger partial charge on any atom is -0.456 e. The Morgan fingerprint density at radius 1 is 0.302 bits per heavy atom. The molecule has 0 unspecified atom stereocenters. The average Bonchev–Trinajstić information content (AvgIpc) is 1.49. The van der Waals surface area contributed by atoms with Crippen molar-refractivity contribution in [3.05, 3.63) is 251 Å². The Morgan fingerprint density at radius 2 is 0.774 bits per heavy atom. The van der Waals surface area contributed by atoms with Crippen LogP contribution in [0.2, 0.25) is 0 Å². The Balaban J connectivity index is 0.890. The lowest BCUT2D eigenvalue weighted by Crippen LogP contribution is -2.33. The van der Waals surface area contributed by atoms with Crippen LogP contribution in [0.1, 0.15) is 254 Å². The summed E-state index contributed by atoms with van der Waals surface area (Å²) in [5.41, 5.74) is 33.1. The summed E-state index contributed by atoms with van der Waals surface area (Å²) < 4.78 is 16.8. The second-order valence-electron chi connectivity index (χ2n) is 33.5. The smallest absolute Gasteiger partial charge is 0.144 e. The molecule has 106 heavy (non-hydrogen) atoms. The first-order chi connectivity index (χ1) is 51.9. The van der Waals surface area contributed by atoms with Crippen LogP contribution in [0, 0.1) is 0 Å². The predicted octanol–water partition coefficient (Wildman–Crippen LogP) is 30.6. The minimum absolute atomic E-state index is 0.172. The molecule has 4 aliphatic carbocycles. The highest BCUT2D eigenvalue weighted by Gasteiger charge is 2.54. The average molecular weight is 1390 g/mol. The van der Waals surface area contributed by atoms with E-state index in [2.05, 4.69) is 271 Å². The van der Waals surface area contributed by atoms with Gasteiger partial charge in [-0.15, -0.1) is 0 Å². The van der Waals surface area contributed by atoms with Crippen molar-refractivity contribution in [1.29, 1.82) is 0 Å². The zero-order chi connectivity index (χ0) is 72.1. The van der Waals surface area contributed by atoms with E-state index in [1.807, 2.05) is 0 Å². The minimum atomic E-state index is -0.330. The molecule has 0 N–H and O–H groups in total. The fourth-order valence-corrected chi connectivity index (χ4v) is 21.3. The Bertz CT molecular complexity index is 5680. The first-order valence-corrected chi connectivity index (χ1v) is 41.4. The lowest BCUT2D eigenvalue weighted by molar-refractivity contribution is 0.369. The maximum absolute atomic E-state index is 7.64. The first-order valence-electron chi connectivity index (χ1n) is 41.4. The van der Waals surface area contributed by atoms with E-state index in [0.29, 0.717) is 0 Å². The summed E-state index contributed by atoms with van der Waals surface area (Å²) in [6.45, 7) is 19.4. The van der Waals surface area contributed by atoms with Crippen molar-refractivity contribution >= 4 is 82.7 Å². The van der Waals surface area contributed by atoms with Gasteiger partial charge in [-0.3, -0.25) is 0 Å². The molecule has 0 bridgehead atoms. The lowest BCUT2D eigenvalue weighted by atomic mass is 9.62. The summed E-state index contributed by atoms with van der Waals surface area (Å²) >= 11 is 0. The molecule has 0 saturated carbocycles. The fourth-order valence-electron chi connectivity index (χ4n) is 21.3. The zero-order valence-electron chi connectivity index (χ0n) is 64.3. The third kappa shape index (κ3) is 10.7. The number of aromatic nitrogens is 1. The number of hydrogen-bond donors (Lipinski definition) is 0. The molecule has 4 heteroatoms. The molecule has 0 saturated heterocycles. The zero-order valence-corrected chi connectivity index (χ0v) is 64.3. The molecule has 0 fully saturated rings. The van der Waals surface area contributed by atoms with Crippen molar-refractivity contribution in [2.45, 2.75) is 231 Å². The second-order valence-corrected chi connectivity index (χ2v) is 33.5. The summed E-state index contributed by atoms with van der Waals surface area (Å²) in [5.74, 6) is 0. The van der Waals surface area contributed by atoms with E-state index in [1.54, 1.807) is 16.7 Å². The number of benzene rings is 11. The second kappa shape index (κ2) is 27.4. The molecule has 18 rings (SSSR count). The van der Waals surface area contributed by atoms with Crippen LogP contribution in [0.25, 0.3) is 116 Å². The van der Waals surface area contributed by atoms with Gasteiger partial charge >= 0.3 is 0 Å². The van der Waals surface area contributed by atoms with E-state index in [4.69, 9.17) is 8.83 Å². The fraction of sp³-hybridized carbons (Fsp3) is 0.353. The summed E-state index contributed by atoms with van der Waals surface area (Å²) in [5, 5.41) is 7.51. The topological polar surface area (TPSA) is 34.5 Å². The highest BCUT2D eigenvalue weighted by molar-refractivity contribution is 6.21. The molecule has 3 heterocycles. The van der Waals surface area contributed by atoms with Crippen LogP contribution < -0.4 is 4.90 Å². The monoisotopic (exact) mass is 1390 g/mol. The van der Waals surface area contributed by atoms with Crippen LogP contribution in [0.4, 0.5) is 17.1 Å². The molecule has 4 nitrogen and oxygen atoms in total. The lowest BCUT2D eigenvalue weighted by Gasteiger charge is -2.40. The van der Waals surface area contributed by atoms with Gasteiger partial charge in [0, 0.05) is 82.3 Å². The highest BCUT2D eigenvalue weighted by atomic mass is 16.3. The van der Waals surface area contributed by atoms with Gasteiger partial charge < -0.3 is 18.3 Å². The molecule has 0 amide bonds. The Hall–Kier alpha value is -9.38. The van der Waals surface area contributed by atoms with Gasteiger partial charge in [-0.05, 0) is 194 Å². The molecule has 0 radical (unpaired) electrons. The van der Waals surface area contributed by atoms with Crippen molar-refractivity contribution in [2.24, 2.45) is 0 Å². The van der Waals surface area contributed by atoms with E-state index < -0.39 is 0 Å². The molecular weight excluding hydrogens is 1290 g/mol. The van der Waals surface area contributed by atoms with Gasteiger partial charge in [0.25, 0.3) is 0 Å². The molecule has 0 spiro atoms. The SMILES string of the molecule is CCCCCCCC1(CCCCCCC)c2ccccc2-c2c1c1c(c3c2oc2ccccc23)-c2ccc(N(c3ccc4c(c3)C(C)(C)c3cc5c(cc3-4)C(C)(C)c3ccc4oc6ccccc6c4c3-5)c3ccc4c5ccccc5n(-c5ccccc5)c4c3)cc2C1(CCCCCCC)CCCCCCC. The first kappa shape index (κ1) is 68.4. The normalized spacial score (nSPS) is 15.1. The maximum Gasteiger partial charge on any atom is 0.144 e. The van der Waals surface area contributed by atoms with Crippen molar-refractivity contribution in [1.82, 2.24) is 4.57 Å². The maximum atomic E-state index is 7.64. The standard InChI is InChI=1S/C102H106N2O2/c1-9-13-17-21-36-58-101(59-37-22-18-14-10-2)80-46-32-28-43-74(80)95-97(101)96-93(94-77-45-31-35-49-89(77)106-98(94)95)75-55-52-69(63-85(75)102(96,60-38-23-19-15-11-3)61-39-24-20-16-12-4)103(70-51-54-73-72-42-29-33-47-86(72)104(87(73)64-70)67-40-26-25-27-41-67)68-50-53-71-78-65-84-79(66-83(78)100(7,8)82(71)62-68)91-81(99(84,5)6)56-57-90-92(91)76-44-30-34-48-88(76)105-90/h25-35,40-57,62-66H,9-24,36-39,58-61H2,1-8H3. The number of fused-ring (bicyclic) bond motifs is 25. The number of unbranched alkanes of at least 4 members (excludes halogenated alkanes) is 16. The molecule has 4 aliphatic rings. The van der Waals surface area contributed by atoms with Crippen molar-refractivity contribution in [3.63, 3.8) is 0 Å². The van der Waals surface area contributed by atoms with Crippen LogP contribution in [-0.2, 0) is 21.7 Å². The van der Waals surface area contributed by atoms with Crippen molar-refractivity contribution in [2.75, 3.05) is 4.90 Å². The molecule has 0 aliphatic heterocycles. The van der Waals surface area contributed by atoms with Gasteiger partial charge in [-0.1, -0.05) is 305 Å². The van der Waals surface area contributed by atoms with Gasteiger partial charge in [-0.25, -0.2) is 0 Å². The van der Waals surface area contributed by atoms with E-state index in [-0.39, 0.29) is 21.7 Å². The molecular formula is C102H106N2O2. The third-order valence-electron chi connectivity index (χ3n) is 26.5. The summed E-state index contributed by atoms with van der Waals surface area (Å²) in [4.78, 5) is 2.68. The summed E-state index contributed by atoms with van der Waals surface area (Å²) in [7, 11) is 0. The molecule has 11 aromatic carbocycles. The number of para-hydroxylation sites is 4. The Morgan fingerprint density at radius 3 is 1.43 bits per heavy atom. The third-order valence-corrected chi connectivity index (χ3v) is 26.5. The highest BCUT2D eigenvalue weighted by Crippen LogP contribution is 2.68. The summed E-state index contributed by atoms with van der Waals surface area (Å²) in [6.07, 6.45) is 29.6. The number of hydrogen-bond acceptors (Lipinski definition) is 3. The number of nitrogens with zero attached hydrogens (tertiary/aromatic N) is 2. The van der Waals surface area contributed by atoms with Gasteiger partial charge in [0.15, 0.2) is 0 Å². The summed E-state index contributed by atoms with van der Waals surface area (Å²) in [6, 6.07) is 80.3. The molecule has 536 valence electrons. The van der Waals surface area contributed by atoms with E-state index >= 15 is 0 Å². The van der Waals surface area contributed by atoms with Crippen LogP contribution in [-0.4, -0.2) is 4.57 Å². The molecule has 14 aromatic rings. The molecule has 3 aromatic heterocycles. The van der Waals surface area contributed by atoms with Gasteiger partial charge in [0.05, 0.1) is 11.0 Å². The van der Waals surface area contributed by atoms with Gasteiger partial charge in [0.1, 0.15) is 22.3 Å². The van der Waals surface area contributed by atoms with Crippen LogP contribution in [0.15, 0.2) is 215 Å². The van der Waals surface area contributed by atoms with Gasteiger partial charge in [0.2, 0.25) is 0 Å². The Kier molecular flexibility index (Phi) is 17.7. The number of furan rings is 2. The van der Waals surface area contributed by atoms with E-state index in [0.717, 1.165) is 59.4 Å².